The summed E-state index contributed by atoms with van der Waals surface area (Å²) in [6.07, 6.45) is 5.21. The highest BCUT2D eigenvalue weighted by Gasteiger charge is 2.18. The highest BCUT2D eigenvalue weighted by Crippen LogP contribution is 2.13. The van der Waals surface area contributed by atoms with Crippen LogP contribution in [0.5, 0.6) is 0 Å². The summed E-state index contributed by atoms with van der Waals surface area (Å²) in [4.78, 5) is 17.4. The van der Waals surface area contributed by atoms with E-state index >= 15 is 0 Å². The second-order valence-electron chi connectivity index (χ2n) is 4.79. The zero-order valence-corrected chi connectivity index (χ0v) is 13.1. The molecule has 0 spiro atoms. The quantitative estimate of drug-likeness (QED) is 0.735. The molecule has 0 bridgehead atoms. The Labute approximate surface area is 130 Å². The molecule has 116 valence electrons. The third-order valence-electron chi connectivity index (χ3n) is 3.24. The smallest absolute Gasteiger partial charge is 0.272 e. The largest absolute Gasteiger partial charge is 0.383 e. The molecule has 3 heterocycles. The fourth-order valence-corrected chi connectivity index (χ4v) is 2.83. The summed E-state index contributed by atoms with van der Waals surface area (Å²) in [5.74, 6) is 0.455. The van der Waals surface area contributed by atoms with Gasteiger partial charge in [-0.25, -0.2) is 4.98 Å². The van der Waals surface area contributed by atoms with Crippen molar-refractivity contribution < 1.29 is 9.53 Å². The van der Waals surface area contributed by atoms with Crippen LogP contribution in [0, 0.1) is 0 Å². The second kappa shape index (κ2) is 6.24. The number of hydrogen-bond donors (Lipinski definition) is 1. The van der Waals surface area contributed by atoms with Gasteiger partial charge >= 0.3 is 0 Å². The number of methoxy groups -OCH3 is 1. The molecular formula is C13H16N6O2S. The van der Waals surface area contributed by atoms with E-state index in [2.05, 4.69) is 20.5 Å². The number of thiazole rings is 1. The van der Waals surface area contributed by atoms with E-state index in [-0.39, 0.29) is 11.9 Å². The van der Waals surface area contributed by atoms with Crippen LogP contribution in [0.25, 0.3) is 4.96 Å². The van der Waals surface area contributed by atoms with Crippen LogP contribution in [-0.4, -0.2) is 43.8 Å². The maximum absolute atomic E-state index is 12.3. The molecule has 0 aliphatic carbocycles. The van der Waals surface area contributed by atoms with Gasteiger partial charge in [-0.15, -0.1) is 21.5 Å². The van der Waals surface area contributed by atoms with Crippen LogP contribution in [0.4, 0.5) is 0 Å². The summed E-state index contributed by atoms with van der Waals surface area (Å²) in [5, 5.41) is 12.8. The van der Waals surface area contributed by atoms with Crippen LogP contribution in [-0.2, 0) is 11.3 Å². The Bertz CT molecular complexity index is 748. The standard InChI is InChI=1S/C13H16N6O2S/c1-9(11-17-14-8-19(11)3-5-21-2)15-12(20)10-7-18-4-6-22-13(18)16-10/h4,6-9H,3,5H2,1-2H3,(H,15,20). The number of amides is 1. The van der Waals surface area contributed by atoms with Gasteiger partial charge in [-0.1, -0.05) is 0 Å². The number of nitrogens with one attached hydrogen (secondary N) is 1. The van der Waals surface area contributed by atoms with Gasteiger partial charge in [-0.05, 0) is 6.92 Å². The minimum absolute atomic E-state index is 0.232. The minimum Gasteiger partial charge on any atom is -0.383 e. The van der Waals surface area contributed by atoms with E-state index in [1.165, 1.54) is 11.3 Å². The molecule has 1 atom stereocenters. The van der Waals surface area contributed by atoms with Crippen molar-refractivity contribution in [3.8, 4) is 0 Å². The number of fused-ring (bicyclic) bond motifs is 1. The Morgan fingerprint density at radius 2 is 2.41 bits per heavy atom. The monoisotopic (exact) mass is 320 g/mol. The van der Waals surface area contributed by atoms with Crippen LogP contribution in [0.3, 0.4) is 0 Å². The highest BCUT2D eigenvalue weighted by atomic mass is 32.1. The molecule has 8 nitrogen and oxygen atoms in total. The van der Waals surface area contributed by atoms with Gasteiger partial charge in [0.2, 0.25) is 0 Å². The number of aromatic nitrogens is 5. The van der Waals surface area contributed by atoms with Crippen LogP contribution >= 0.6 is 11.3 Å². The molecule has 9 heteroatoms. The number of hydrogen-bond acceptors (Lipinski definition) is 6. The summed E-state index contributed by atoms with van der Waals surface area (Å²) >= 11 is 1.49. The molecule has 22 heavy (non-hydrogen) atoms. The van der Waals surface area contributed by atoms with Crippen LogP contribution < -0.4 is 5.32 Å². The zero-order chi connectivity index (χ0) is 15.5. The molecule has 3 aromatic heterocycles. The molecule has 0 radical (unpaired) electrons. The summed E-state index contributed by atoms with van der Waals surface area (Å²) < 4.78 is 8.74. The van der Waals surface area contributed by atoms with E-state index in [1.54, 1.807) is 19.6 Å². The molecule has 1 unspecified atom stereocenters. The van der Waals surface area contributed by atoms with Crippen molar-refractivity contribution in [3.63, 3.8) is 0 Å². The lowest BCUT2D eigenvalue weighted by Gasteiger charge is -2.13. The Morgan fingerprint density at radius 3 is 3.18 bits per heavy atom. The van der Waals surface area contributed by atoms with Gasteiger partial charge in [-0.3, -0.25) is 9.20 Å². The molecule has 3 aromatic rings. The second-order valence-corrected chi connectivity index (χ2v) is 5.66. The highest BCUT2D eigenvalue weighted by molar-refractivity contribution is 7.15. The van der Waals surface area contributed by atoms with E-state index in [0.717, 1.165) is 4.96 Å². The van der Waals surface area contributed by atoms with Crippen molar-refractivity contribution >= 4 is 22.2 Å². The van der Waals surface area contributed by atoms with Crippen molar-refractivity contribution in [2.75, 3.05) is 13.7 Å². The van der Waals surface area contributed by atoms with Crippen LogP contribution in [0.1, 0.15) is 29.3 Å². The average Bonchev–Trinajstić information content (AvgIpc) is 3.19. The molecule has 0 aromatic carbocycles. The lowest BCUT2D eigenvalue weighted by molar-refractivity contribution is 0.0932. The summed E-state index contributed by atoms with van der Waals surface area (Å²) in [5.41, 5.74) is 0.390. The number of rotatable bonds is 6. The van der Waals surface area contributed by atoms with Gasteiger partial charge in [0.25, 0.3) is 5.91 Å². The molecule has 0 saturated heterocycles. The maximum Gasteiger partial charge on any atom is 0.272 e. The Balaban J connectivity index is 1.70. The van der Waals surface area contributed by atoms with Crippen molar-refractivity contribution in [1.82, 2.24) is 29.5 Å². The molecule has 0 fully saturated rings. The van der Waals surface area contributed by atoms with Gasteiger partial charge in [0.05, 0.1) is 12.6 Å². The van der Waals surface area contributed by atoms with Gasteiger partial charge in [0, 0.05) is 31.4 Å². The van der Waals surface area contributed by atoms with Gasteiger partial charge in [-0.2, -0.15) is 0 Å². The summed E-state index contributed by atoms with van der Waals surface area (Å²) in [6.45, 7) is 3.06. The third kappa shape index (κ3) is 2.85. The number of nitrogens with zero attached hydrogens (tertiary/aromatic N) is 5. The predicted octanol–water partition coefficient (Wildman–Crippen LogP) is 1.12. The predicted molar refractivity (Wildman–Crippen MR) is 80.8 cm³/mol. The van der Waals surface area contributed by atoms with Crippen LogP contribution in [0.2, 0.25) is 0 Å². The van der Waals surface area contributed by atoms with Crippen molar-refractivity contribution in [1.29, 1.82) is 0 Å². The topological polar surface area (TPSA) is 86.3 Å². The SMILES string of the molecule is COCCn1cnnc1C(C)NC(=O)c1cn2ccsc2n1. The number of imidazole rings is 1. The van der Waals surface area contributed by atoms with Gasteiger partial charge in [0.15, 0.2) is 10.8 Å². The van der Waals surface area contributed by atoms with E-state index < -0.39 is 0 Å². The number of ether oxygens (including phenoxy) is 1. The first-order valence-electron chi connectivity index (χ1n) is 6.78. The average molecular weight is 320 g/mol. The normalized spacial score (nSPS) is 12.6. The van der Waals surface area contributed by atoms with Gasteiger partial charge in [0.1, 0.15) is 12.0 Å². The molecule has 1 amide bonds. The fraction of sp³-hybridized carbons (Fsp3) is 0.385. The van der Waals surface area contributed by atoms with Crippen molar-refractivity contribution in [2.24, 2.45) is 0 Å². The molecule has 0 aliphatic rings. The van der Waals surface area contributed by atoms with Crippen LogP contribution in [0.15, 0.2) is 24.1 Å². The Kier molecular flexibility index (Phi) is 4.16. The fourth-order valence-electron chi connectivity index (χ4n) is 2.13. The molecule has 1 N–H and O–H groups in total. The Morgan fingerprint density at radius 1 is 1.55 bits per heavy atom. The Hall–Kier alpha value is -2.26. The summed E-state index contributed by atoms with van der Waals surface area (Å²) in [7, 11) is 1.64. The molecule has 3 rings (SSSR count). The zero-order valence-electron chi connectivity index (χ0n) is 12.3. The summed E-state index contributed by atoms with van der Waals surface area (Å²) in [6, 6.07) is -0.272. The molecule has 0 saturated carbocycles. The minimum atomic E-state index is -0.272. The van der Waals surface area contributed by atoms with Gasteiger partial charge < -0.3 is 14.6 Å². The number of carbonyl (C=O) groups is 1. The first kappa shape index (κ1) is 14.7. The lowest BCUT2D eigenvalue weighted by atomic mass is 10.3. The number of carbonyl (C=O) groups excluding carboxylic acids is 1. The van der Waals surface area contributed by atoms with E-state index in [0.29, 0.717) is 24.7 Å². The first-order chi connectivity index (χ1) is 10.7. The molecular weight excluding hydrogens is 304 g/mol. The lowest BCUT2D eigenvalue weighted by Crippen LogP contribution is -2.29. The molecule has 0 aliphatic heterocycles. The van der Waals surface area contributed by atoms with Crippen molar-refractivity contribution in [2.45, 2.75) is 19.5 Å². The van der Waals surface area contributed by atoms with E-state index in [1.807, 2.05) is 27.5 Å². The van der Waals surface area contributed by atoms with Crippen molar-refractivity contribution in [3.05, 3.63) is 35.6 Å². The third-order valence-corrected chi connectivity index (χ3v) is 4.01. The van der Waals surface area contributed by atoms with E-state index in [9.17, 15) is 4.79 Å². The maximum atomic E-state index is 12.3. The van der Waals surface area contributed by atoms with E-state index in [4.69, 9.17) is 4.74 Å². The first-order valence-corrected chi connectivity index (χ1v) is 7.66.